The van der Waals surface area contributed by atoms with Crippen LogP contribution < -0.4 is 5.73 Å². The van der Waals surface area contributed by atoms with Crippen molar-refractivity contribution in [3.63, 3.8) is 0 Å². The third-order valence-corrected chi connectivity index (χ3v) is 3.03. The van der Waals surface area contributed by atoms with E-state index >= 15 is 0 Å². The Kier molecular flexibility index (Phi) is 5.10. The number of hydrogen-bond donors (Lipinski definition) is 1. The zero-order chi connectivity index (χ0) is 13.1. The second-order valence-corrected chi connectivity index (χ2v) is 4.63. The monoisotopic (exact) mass is 285 g/mol. The molecule has 1 aromatic carbocycles. The molecule has 0 aromatic heterocycles. The van der Waals surface area contributed by atoms with Crippen LogP contribution in [-0.2, 0) is 6.42 Å². The lowest BCUT2D eigenvalue weighted by atomic mass is 10.0. The molecule has 0 heterocycles. The van der Waals surface area contributed by atoms with Gasteiger partial charge in [-0.2, -0.15) is 13.2 Å². The predicted molar refractivity (Wildman–Crippen MR) is 63.4 cm³/mol. The Balaban J connectivity index is 2.59. The minimum atomic E-state index is -4.18. The first-order chi connectivity index (χ1) is 7.79. The SMILES string of the molecule is NC(CCC(F)(F)F)Cc1c(Cl)cccc1Cl. The van der Waals surface area contributed by atoms with E-state index in [0.717, 1.165) is 0 Å². The van der Waals surface area contributed by atoms with Gasteiger partial charge in [-0.15, -0.1) is 0 Å². The molecule has 0 aliphatic carbocycles. The highest BCUT2D eigenvalue weighted by atomic mass is 35.5. The number of halogens is 5. The van der Waals surface area contributed by atoms with Crippen LogP contribution in [0.15, 0.2) is 18.2 Å². The van der Waals surface area contributed by atoms with E-state index in [-0.39, 0.29) is 12.8 Å². The lowest BCUT2D eigenvalue weighted by Crippen LogP contribution is -2.25. The Morgan fingerprint density at radius 3 is 2.18 bits per heavy atom. The fourth-order valence-corrected chi connectivity index (χ4v) is 1.99. The quantitative estimate of drug-likeness (QED) is 0.881. The molecular weight excluding hydrogens is 274 g/mol. The van der Waals surface area contributed by atoms with Crippen LogP contribution in [0.4, 0.5) is 13.2 Å². The molecule has 1 aromatic rings. The van der Waals surface area contributed by atoms with E-state index < -0.39 is 18.6 Å². The Labute approximate surface area is 108 Å². The van der Waals surface area contributed by atoms with E-state index in [0.29, 0.717) is 15.6 Å². The Bertz CT molecular complexity index is 359. The maximum atomic E-state index is 12.0. The summed E-state index contributed by atoms with van der Waals surface area (Å²) in [6.45, 7) is 0. The maximum Gasteiger partial charge on any atom is 0.389 e. The van der Waals surface area contributed by atoms with Gasteiger partial charge in [-0.3, -0.25) is 0 Å². The number of nitrogens with two attached hydrogens (primary N) is 1. The van der Waals surface area contributed by atoms with Gasteiger partial charge in [0.15, 0.2) is 0 Å². The molecule has 0 spiro atoms. The first-order valence-corrected chi connectivity index (χ1v) is 5.80. The highest BCUT2D eigenvalue weighted by molar-refractivity contribution is 6.35. The third-order valence-electron chi connectivity index (χ3n) is 2.33. The van der Waals surface area contributed by atoms with E-state index in [1.165, 1.54) is 0 Å². The summed E-state index contributed by atoms with van der Waals surface area (Å²) in [7, 11) is 0. The van der Waals surface area contributed by atoms with Crippen LogP contribution in [-0.4, -0.2) is 12.2 Å². The van der Waals surface area contributed by atoms with Crippen LogP contribution >= 0.6 is 23.2 Å². The normalized spacial score (nSPS) is 13.8. The molecule has 2 N–H and O–H groups in total. The molecule has 0 fully saturated rings. The zero-order valence-corrected chi connectivity index (χ0v) is 10.4. The standard InChI is InChI=1S/C11H12Cl2F3N/c12-9-2-1-3-10(13)8(9)6-7(17)4-5-11(14,15)16/h1-3,7H,4-6,17H2. The summed E-state index contributed by atoms with van der Waals surface area (Å²) in [5.41, 5.74) is 6.24. The smallest absolute Gasteiger partial charge is 0.327 e. The first-order valence-electron chi connectivity index (χ1n) is 5.05. The minimum Gasteiger partial charge on any atom is -0.327 e. The molecule has 1 unspecified atom stereocenters. The summed E-state index contributed by atoms with van der Waals surface area (Å²) in [4.78, 5) is 0. The van der Waals surface area contributed by atoms with Gasteiger partial charge in [0.25, 0.3) is 0 Å². The van der Waals surface area contributed by atoms with Crippen molar-refractivity contribution in [1.29, 1.82) is 0 Å². The molecule has 0 bridgehead atoms. The molecule has 1 nitrogen and oxygen atoms in total. The first kappa shape index (κ1) is 14.6. The molecule has 6 heteroatoms. The van der Waals surface area contributed by atoms with Gasteiger partial charge in [-0.05, 0) is 30.5 Å². The van der Waals surface area contributed by atoms with Gasteiger partial charge in [0, 0.05) is 22.5 Å². The summed E-state index contributed by atoms with van der Waals surface area (Å²) in [6, 6.07) is 4.35. The molecule has 1 rings (SSSR count). The van der Waals surface area contributed by atoms with Crippen LogP contribution in [0, 0.1) is 0 Å². The van der Waals surface area contributed by atoms with Crippen molar-refractivity contribution in [2.24, 2.45) is 5.73 Å². The Hall–Kier alpha value is -0.450. The molecule has 17 heavy (non-hydrogen) atoms. The minimum absolute atomic E-state index is 0.134. The molecular formula is C11H12Cl2F3N. The number of benzene rings is 1. The van der Waals surface area contributed by atoms with Crippen molar-refractivity contribution in [1.82, 2.24) is 0 Å². The number of alkyl halides is 3. The van der Waals surface area contributed by atoms with Crippen LogP contribution in [0.2, 0.25) is 10.0 Å². The lowest BCUT2D eigenvalue weighted by Gasteiger charge is -2.15. The van der Waals surface area contributed by atoms with E-state index in [2.05, 4.69) is 0 Å². The van der Waals surface area contributed by atoms with Crippen molar-refractivity contribution < 1.29 is 13.2 Å². The predicted octanol–water partition coefficient (Wildman–Crippen LogP) is 4.21. The average Bonchev–Trinajstić information content (AvgIpc) is 2.20. The van der Waals surface area contributed by atoms with Gasteiger partial charge in [-0.1, -0.05) is 29.3 Å². The van der Waals surface area contributed by atoms with Crippen LogP contribution in [0.1, 0.15) is 18.4 Å². The van der Waals surface area contributed by atoms with Crippen molar-refractivity contribution in [3.05, 3.63) is 33.8 Å². The Morgan fingerprint density at radius 2 is 1.71 bits per heavy atom. The van der Waals surface area contributed by atoms with E-state index in [1.54, 1.807) is 18.2 Å². The van der Waals surface area contributed by atoms with E-state index in [9.17, 15) is 13.2 Å². The molecule has 0 saturated carbocycles. The third kappa shape index (κ3) is 5.15. The highest BCUT2D eigenvalue weighted by Crippen LogP contribution is 2.27. The fraction of sp³-hybridized carbons (Fsp3) is 0.455. The van der Waals surface area contributed by atoms with Gasteiger partial charge in [-0.25, -0.2) is 0 Å². The van der Waals surface area contributed by atoms with Crippen molar-refractivity contribution in [3.8, 4) is 0 Å². The number of hydrogen-bond acceptors (Lipinski definition) is 1. The second-order valence-electron chi connectivity index (χ2n) is 3.82. The second kappa shape index (κ2) is 5.94. The summed E-state index contributed by atoms with van der Waals surface area (Å²) >= 11 is 11.8. The van der Waals surface area contributed by atoms with Gasteiger partial charge in [0.05, 0.1) is 0 Å². The molecule has 0 aliphatic heterocycles. The largest absolute Gasteiger partial charge is 0.389 e. The van der Waals surface area contributed by atoms with Gasteiger partial charge < -0.3 is 5.73 Å². The van der Waals surface area contributed by atoms with Gasteiger partial charge in [0.1, 0.15) is 0 Å². The van der Waals surface area contributed by atoms with Gasteiger partial charge >= 0.3 is 6.18 Å². The summed E-state index contributed by atoms with van der Waals surface area (Å²) in [6.07, 6.45) is -4.96. The highest BCUT2D eigenvalue weighted by Gasteiger charge is 2.27. The summed E-state index contributed by atoms with van der Waals surface area (Å²) in [5.74, 6) is 0. The summed E-state index contributed by atoms with van der Waals surface area (Å²) < 4.78 is 36.0. The van der Waals surface area contributed by atoms with Crippen LogP contribution in [0.5, 0.6) is 0 Å². The van der Waals surface area contributed by atoms with Crippen molar-refractivity contribution in [2.45, 2.75) is 31.5 Å². The van der Waals surface area contributed by atoms with Crippen molar-refractivity contribution in [2.75, 3.05) is 0 Å². The lowest BCUT2D eigenvalue weighted by molar-refractivity contribution is -0.136. The average molecular weight is 286 g/mol. The zero-order valence-electron chi connectivity index (χ0n) is 8.90. The van der Waals surface area contributed by atoms with E-state index in [1.807, 2.05) is 0 Å². The maximum absolute atomic E-state index is 12.0. The molecule has 0 saturated heterocycles. The molecule has 0 radical (unpaired) electrons. The molecule has 96 valence electrons. The Morgan fingerprint density at radius 1 is 1.18 bits per heavy atom. The molecule has 0 aliphatic rings. The fourth-order valence-electron chi connectivity index (χ4n) is 1.44. The van der Waals surface area contributed by atoms with E-state index in [4.69, 9.17) is 28.9 Å². The number of rotatable bonds is 4. The van der Waals surface area contributed by atoms with Crippen LogP contribution in [0.25, 0.3) is 0 Å². The molecule has 1 atom stereocenters. The molecule has 0 amide bonds. The van der Waals surface area contributed by atoms with Crippen molar-refractivity contribution >= 4 is 23.2 Å². The summed E-state index contributed by atoms with van der Waals surface area (Å²) in [5, 5.41) is 0.861. The van der Waals surface area contributed by atoms with Gasteiger partial charge in [0.2, 0.25) is 0 Å². The van der Waals surface area contributed by atoms with Crippen LogP contribution in [0.3, 0.4) is 0 Å². The topological polar surface area (TPSA) is 26.0 Å².